The van der Waals surface area contributed by atoms with Gasteiger partial charge in [-0.3, -0.25) is 0 Å². The van der Waals surface area contributed by atoms with Gasteiger partial charge in [-0.15, -0.1) is 11.6 Å². The van der Waals surface area contributed by atoms with Crippen LogP contribution in [0.25, 0.3) is 0 Å². The minimum atomic E-state index is -0.449. The van der Waals surface area contributed by atoms with Crippen LogP contribution >= 0.6 is 11.6 Å². The van der Waals surface area contributed by atoms with Crippen LogP contribution < -0.4 is 0 Å². The number of hydrogen-bond donors (Lipinski definition) is 0. The van der Waals surface area contributed by atoms with Crippen LogP contribution in [0.15, 0.2) is 12.1 Å². The Kier molecular flexibility index (Phi) is 3.26. The highest BCUT2D eigenvalue weighted by Crippen LogP contribution is 2.27. The fourth-order valence-corrected chi connectivity index (χ4v) is 1.29. The first kappa shape index (κ1) is 10.5. The van der Waals surface area contributed by atoms with Gasteiger partial charge < -0.3 is 0 Å². The molecule has 72 valence electrons. The third-order valence-electron chi connectivity index (χ3n) is 1.97. The van der Waals surface area contributed by atoms with Gasteiger partial charge in [-0.2, -0.15) is 0 Å². The van der Waals surface area contributed by atoms with Crippen molar-refractivity contribution in [2.75, 3.05) is 0 Å². The summed E-state index contributed by atoms with van der Waals surface area (Å²) in [5.41, 5.74) is 0.550. The van der Waals surface area contributed by atoms with Crippen LogP contribution in [-0.2, 0) is 0 Å². The van der Waals surface area contributed by atoms with Gasteiger partial charge >= 0.3 is 0 Å². The Morgan fingerprint density at radius 3 is 2.46 bits per heavy atom. The molecule has 0 heterocycles. The second-order valence-electron chi connectivity index (χ2n) is 3.00. The Balaban J connectivity index is 3.15. The molecule has 0 amide bonds. The molecule has 0 aliphatic rings. The molecule has 0 bridgehead atoms. The van der Waals surface area contributed by atoms with Gasteiger partial charge in [-0.25, -0.2) is 8.78 Å². The highest BCUT2D eigenvalue weighted by Gasteiger charge is 2.13. The standard InChI is InChI=1S/C10H11ClF2/c1-3-8(11)7-5-9(12)6(2)4-10(7)13/h4-5,8H,3H2,1-2H3. The van der Waals surface area contributed by atoms with Crippen LogP contribution in [0.3, 0.4) is 0 Å². The molecule has 3 heteroatoms. The summed E-state index contributed by atoms with van der Waals surface area (Å²) in [4.78, 5) is 0. The predicted molar refractivity (Wildman–Crippen MR) is 50.0 cm³/mol. The summed E-state index contributed by atoms with van der Waals surface area (Å²) in [6.07, 6.45) is 0.584. The summed E-state index contributed by atoms with van der Waals surface area (Å²) in [5, 5.41) is -0.449. The van der Waals surface area contributed by atoms with Crippen molar-refractivity contribution in [3.8, 4) is 0 Å². The average Bonchev–Trinajstić information content (AvgIpc) is 2.10. The Morgan fingerprint density at radius 2 is 1.92 bits per heavy atom. The van der Waals surface area contributed by atoms with Crippen LogP contribution in [-0.4, -0.2) is 0 Å². The number of alkyl halides is 1. The maximum Gasteiger partial charge on any atom is 0.128 e. The van der Waals surface area contributed by atoms with E-state index in [0.717, 1.165) is 0 Å². The lowest BCUT2D eigenvalue weighted by molar-refractivity contribution is 0.574. The first-order valence-corrected chi connectivity index (χ1v) is 4.59. The third kappa shape index (κ3) is 2.19. The maximum atomic E-state index is 13.2. The topological polar surface area (TPSA) is 0 Å². The fraction of sp³-hybridized carbons (Fsp3) is 0.400. The molecule has 0 aliphatic heterocycles. The number of halogens is 3. The van der Waals surface area contributed by atoms with E-state index < -0.39 is 17.0 Å². The van der Waals surface area contributed by atoms with Gasteiger partial charge in [0, 0.05) is 5.56 Å². The summed E-state index contributed by atoms with van der Waals surface area (Å²) >= 11 is 5.81. The van der Waals surface area contributed by atoms with Gasteiger partial charge in [-0.05, 0) is 31.0 Å². The molecule has 0 saturated carbocycles. The van der Waals surface area contributed by atoms with Crippen LogP contribution in [0.1, 0.15) is 29.8 Å². The number of hydrogen-bond acceptors (Lipinski definition) is 0. The number of aryl methyl sites for hydroxylation is 1. The average molecular weight is 205 g/mol. The first-order valence-electron chi connectivity index (χ1n) is 4.15. The van der Waals surface area contributed by atoms with Crippen LogP contribution in [0, 0.1) is 18.6 Å². The summed E-state index contributed by atoms with van der Waals surface area (Å²) in [6.45, 7) is 3.35. The maximum absolute atomic E-state index is 13.2. The fourth-order valence-electron chi connectivity index (χ4n) is 1.12. The zero-order valence-corrected chi connectivity index (χ0v) is 8.33. The minimum Gasteiger partial charge on any atom is -0.207 e. The van der Waals surface area contributed by atoms with Crippen LogP contribution in [0.5, 0.6) is 0 Å². The second kappa shape index (κ2) is 4.05. The van der Waals surface area contributed by atoms with Crippen molar-refractivity contribution in [3.63, 3.8) is 0 Å². The van der Waals surface area contributed by atoms with Crippen molar-refractivity contribution in [3.05, 3.63) is 34.9 Å². The number of benzene rings is 1. The van der Waals surface area contributed by atoms with E-state index in [1.165, 1.54) is 19.1 Å². The molecule has 0 fully saturated rings. The SMILES string of the molecule is CCC(Cl)c1cc(F)c(C)cc1F. The van der Waals surface area contributed by atoms with Gasteiger partial charge in [0.05, 0.1) is 5.38 Å². The highest BCUT2D eigenvalue weighted by molar-refractivity contribution is 6.20. The van der Waals surface area contributed by atoms with Crippen molar-refractivity contribution < 1.29 is 8.78 Å². The van der Waals surface area contributed by atoms with E-state index >= 15 is 0 Å². The van der Waals surface area contributed by atoms with Crippen molar-refractivity contribution in [1.29, 1.82) is 0 Å². The lowest BCUT2D eigenvalue weighted by Crippen LogP contribution is -1.96. The molecule has 0 spiro atoms. The Bertz CT molecular complexity index is 310. The van der Waals surface area contributed by atoms with E-state index in [4.69, 9.17) is 11.6 Å². The van der Waals surface area contributed by atoms with E-state index in [1.807, 2.05) is 6.92 Å². The Labute approximate surface area is 81.5 Å². The zero-order valence-electron chi connectivity index (χ0n) is 7.57. The van der Waals surface area contributed by atoms with Crippen LogP contribution in [0.4, 0.5) is 8.78 Å². The lowest BCUT2D eigenvalue weighted by Gasteiger charge is -2.09. The molecule has 0 nitrogen and oxygen atoms in total. The molecule has 1 aromatic rings. The molecule has 1 aromatic carbocycles. The predicted octanol–water partition coefficient (Wildman–Crippen LogP) is 3.96. The zero-order chi connectivity index (χ0) is 10.0. The molecule has 0 aromatic heterocycles. The Morgan fingerprint density at radius 1 is 1.31 bits per heavy atom. The first-order chi connectivity index (χ1) is 6.06. The summed E-state index contributed by atoms with van der Waals surface area (Å²) in [5.74, 6) is -0.837. The minimum absolute atomic E-state index is 0.243. The monoisotopic (exact) mass is 204 g/mol. The molecule has 0 aliphatic carbocycles. The quantitative estimate of drug-likeness (QED) is 0.640. The molecular formula is C10H11ClF2. The van der Waals surface area contributed by atoms with Crippen molar-refractivity contribution in [1.82, 2.24) is 0 Å². The molecule has 13 heavy (non-hydrogen) atoms. The highest BCUT2D eigenvalue weighted by atomic mass is 35.5. The molecule has 0 N–H and O–H groups in total. The Hall–Kier alpha value is -0.630. The second-order valence-corrected chi connectivity index (χ2v) is 3.53. The summed E-state index contributed by atoms with van der Waals surface area (Å²) in [6, 6.07) is 2.35. The molecule has 1 atom stereocenters. The van der Waals surface area contributed by atoms with Crippen molar-refractivity contribution >= 4 is 11.6 Å². The largest absolute Gasteiger partial charge is 0.207 e. The summed E-state index contributed by atoms with van der Waals surface area (Å²) in [7, 11) is 0. The van der Waals surface area contributed by atoms with Gasteiger partial charge in [0.2, 0.25) is 0 Å². The van der Waals surface area contributed by atoms with Crippen LogP contribution in [0.2, 0.25) is 0 Å². The third-order valence-corrected chi connectivity index (χ3v) is 2.52. The van der Waals surface area contributed by atoms with Crippen molar-refractivity contribution in [2.45, 2.75) is 25.6 Å². The van der Waals surface area contributed by atoms with Gasteiger partial charge in [0.1, 0.15) is 11.6 Å². The van der Waals surface area contributed by atoms with Gasteiger partial charge in [0.15, 0.2) is 0 Å². The van der Waals surface area contributed by atoms with Crippen molar-refractivity contribution in [2.24, 2.45) is 0 Å². The van der Waals surface area contributed by atoms with E-state index in [-0.39, 0.29) is 5.56 Å². The summed E-state index contributed by atoms with van der Waals surface area (Å²) < 4.78 is 26.2. The molecule has 1 unspecified atom stereocenters. The van der Waals surface area contributed by atoms with Gasteiger partial charge in [-0.1, -0.05) is 6.92 Å². The lowest BCUT2D eigenvalue weighted by atomic mass is 10.1. The van der Waals surface area contributed by atoms with Gasteiger partial charge in [0.25, 0.3) is 0 Å². The molecule has 1 rings (SSSR count). The van der Waals surface area contributed by atoms with E-state index in [9.17, 15) is 8.78 Å². The molecular weight excluding hydrogens is 194 g/mol. The smallest absolute Gasteiger partial charge is 0.128 e. The molecule has 0 saturated heterocycles. The normalized spacial score (nSPS) is 13.0. The van der Waals surface area contributed by atoms with E-state index in [1.54, 1.807) is 0 Å². The number of rotatable bonds is 2. The molecule has 0 radical (unpaired) electrons. The van der Waals surface area contributed by atoms with E-state index in [2.05, 4.69) is 0 Å². The van der Waals surface area contributed by atoms with E-state index in [0.29, 0.717) is 12.0 Å².